The van der Waals surface area contributed by atoms with Crippen LogP contribution >= 0.6 is 0 Å². The fourth-order valence-electron chi connectivity index (χ4n) is 1.66. The number of carboxylic acid groups (broad SMARTS) is 1. The second-order valence-electron chi connectivity index (χ2n) is 3.46. The highest BCUT2D eigenvalue weighted by Gasteiger charge is 2.53. The van der Waals surface area contributed by atoms with Crippen LogP contribution in [-0.4, -0.2) is 41.9 Å². The summed E-state index contributed by atoms with van der Waals surface area (Å²) in [6.45, 7) is -0.278. The molecule has 0 amide bonds. The highest BCUT2D eigenvalue weighted by atomic mass is 32.2. The van der Waals surface area contributed by atoms with E-state index in [4.69, 9.17) is 5.11 Å². The molecule has 1 unspecified atom stereocenters. The summed E-state index contributed by atoms with van der Waals surface area (Å²) in [5.74, 6) is -1.31. The predicted octanol–water partition coefficient (Wildman–Crippen LogP) is 0.775. The third kappa shape index (κ3) is 2.46. The summed E-state index contributed by atoms with van der Waals surface area (Å²) in [4.78, 5) is 10.4. The van der Waals surface area contributed by atoms with Crippen LogP contribution in [0, 0.1) is 0 Å². The fraction of sp³-hybridized carbons (Fsp3) is 0.857. The van der Waals surface area contributed by atoms with Crippen LogP contribution in [0.5, 0.6) is 0 Å². The molecule has 1 saturated heterocycles. The normalized spacial score (nSPS) is 23.6. The van der Waals surface area contributed by atoms with Gasteiger partial charge in [-0.25, -0.2) is 8.42 Å². The molecule has 9 heteroatoms. The van der Waals surface area contributed by atoms with Crippen molar-refractivity contribution in [1.82, 2.24) is 4.31 Å². The zero-order valence-electron chi connectivity index (χ0n) is 8.07. The molecule has 0 radical (unpaired) electrons. The number of hydrogen-bond acceptors (Lipinski definition) is 3. The summed E-state index contributed by atoms with van der Waals surface area (Å²) in [7, 11) is -5.40. The largest absolute Gasteiger partial charge is 0.511 e. The number of carboxylic acids is 1. The molecular weight excluding hydrogens is 251 g/mol. The minimum absolute atomic E-state index is 0.140. The Kier molecular flexibility index (Phi) is 3.48. The molecule has 0 aromatic rings. The Bertz CT molecular complexity index is 378. The van der Waals surface area contributed by atoms with Gasteiger partial charge in [0, 0.05) is 12.6 Å². The molecule has 0 bridgehead atoms. The number of aliphatic carboxylic acids is 1. The summed E-state index contributed by atoms with van der Waals surface area (Å²) >= 11 is 0. The van der Waals surface area contributed by atoms with Gasteiger partial charge < -0.3 is 5.11 Å². The minimum Gasteiger partial charge on any atom is -0.481 e. The monoisotopic (exact) mass is 261 g/mol. The zero-order valence-corrected chi connectivity index (χ0v) is 8.88. The number of rotatable bonds is 3. The molecule has 1 rings (SSSR count). The van der Waals surface area contributed by atoms with Crippen LogP contribution in [0.25, 0.3) is 0 Å². The van der Waals surface area contributed by atoms with Crippen molar-refractivity contribution in [3.8, 4) is 0 Å². The van der Waals surface area contributed by atoms with Gasteiger partial charge >= 0.3 is 21.5 Å². The van der Waals surface area contributed by atoms with Crippen LogP contribution in [-0.2, 0) is 14.8 Å². The van der Waals surface area contributed by atoms with Crippen LogP contribution in [0.1, 0.15) is 19.3 Å². The lowest BCUT2D eigenvalue weighted by Crippen LogP contribution is -2.44. The molecule has 1 fully saturated rings. The smallest absolute Gasteiger partial charge is 0.481 e. The summed E-state index contributed by atoms with van der Waals surface area (Å²) in [5, 5.41) is 8.46. The first-order valence-corrected chi connectivity index (χ1v) is 5.90. The van der Waals surface area contributed by atoms with E-state index >= 15 is 0 Å². The van der Waals surface area contributed by atoms with Gasteiger partial charge in [-0.1, -0.05) is 0 Å². The quantitative estimate of drug-likeness (QED) is 0.814. The molecule has 1 N–H and O–H groups in total. The van der Waals surface area contributed by atoms with Crippen molar-refractivity contribution in [1.29, 1.82) is 0 Å². The molecule has 0 aromatic carbocycles. The van der Waals surface area contributed by atoms with Gasteiger partial charge in [-0.3, -0.25) is 4.79 Å². The molecule has 1 aliphatic rings. The standard InChI is InChI=1S/C7H10F3NO4S/c8-7(9,10)16(14,15)11-3-1-2-5(11)4-6(12)13/h5H,1-4H2,(H,12,13). The highest BCUT2D eigenvalue weighted by molar-refractivity contribution is 7.90. The number of carbonyl (C=O) groups is 1. The first-order chi connectivity index (χ1) is 7.16. The Morgan fingerprint density at radius 1 is 1.44 bits per heavy atom. The molecule has 1 atom stereocenters. The Labute approximate surface area is 89.9 Å². The number of sulfonamides is 1. The van der Waals surface area contributed by atoms with Gasteiger partial charge in [0.25, 0.3) is 0 Å². The second kappa shape index (κ2) is 4.21. The number of alkyl halides is 3. The van der Waals surface area contributed by atoms with Crippen LogP contribution in [0.15, 0.2) is 0 Å². The molecule has 1 aliphatic heterocycles. The van der Waals surface area contributed by atoms with Gasteiger partial charge in [-0.2, -0.15) is 17.5 Å². The van der Waals surface area contributed by atoms with E-state index in [2.05, 4.69) is 0 Å². The van der Waals surface area contributed by atoms with Crippen molar-refractivity contribution in [2.24, 2.45) is 0 Å². The lowest BCUT2D eigenvalue weighted by molar-refractivity contribution is -0.137. The molecule has 0 aromatic heterocycles. The maximum atomic E-state index is 12.2. The van der Waals surface area contributed by atoms with Crippen LogP contribution < -0.4 is 0 Å². The van der Waals surface area contributed by atoms with E-state index in [-0.39, 0.29) is 23.7 Å². The Morgan fingerprint density at radius 3 is 2.44 bits per heavy atom. The molecule has 0 saturated carbocycles. The van der Waals surface area contributed by atoms with Crippen LogP contribution in [0.2, 0.25) is 0 Å². The van der Waals surface area contributed by atoms with Gasteiger partial charge in [-0.15, -0.1) is 0 Å². The van der Waals surface area contributed by atoms with Gasteiger partial charge in [0.1, 0.15) is 0 Å². The molecule has 0 aliphatic carbocycles. The van der Waals surface area contributed by atoms with Gasteiger partial charge in [-0.05, 0) is 12.8 Å². The van der Waals surface area contributed by atoms with Crippen molar-refractivity contribution >= 4 is 16.0 Å². The SMILES string of the molecule is O=C(O)CC1CCCN1S(=O)(=O)C(F)(F)F. The first kappa shape index (κ1) is 13.2. The average molecular weight is 261 g/mol. The highest BCUT2D eigenvalue weighted by Crippen LogP contribution is 2.33. The molecule has 1 heterocycles. The van der Waals surface area contributed by atoms with Crippen LogP contribution in [0.3, 0.4) is 0 Å². The van der Waals surface area contributed by atoms with E-state index in [1.807, 2.05) is 0 Å². The third-order valence-corrected chi connectivity index (χ3v) is 4.02. The lowest BCUT2D eigenvalue weighted by atomic mass is 10.2. The average Bonchev–Trinajstić information content (AvgIpc) is 2.49. The lowest BCUT2D eigenvalue weighted by Gasteiger charge is -2.23. The van der Waals surface area contributed by atoms with E-state index in [0.29, 0.717) is 0 Å². The summed E-state index contributed by atoms with van der Waals surface area (Å²) < 4.78 is 59.0. The van der Waals surface area contributed by atoms with E-state index in [0.717, 1.165) is 0 Å². The van der Waals surface area contributed by atoms with Crippen LogP contribution in [0.4, 0.5) is 13.2 Å². The van der Waals surface area contributed by atoms with Gasteiger partial charge in [0.2, 0.25) is 0 Å². The van der Waals surface area contributed by atoms with E-state index in [9.17, 15) is 26.4 Å². The zero-order chi connectivity index (χ0) is 12.6. The minimum atomic E-state index is -5.40. The Hall–Kier alpha value is -0.830. The Morgan fingerprint density at radius 2 is 2.00 bits per heavy atom. The topological polar surface area (TPSA) is 74.7 Å². The van der Waals surface area contributed by atoms with Crippen molar-refractivity contribution in [2.75, 3.05) is 6.54 Å². The van der Waals surface area contributed by atoms with Crippen molar-refractivity contribution < 1.29 is 31.5 Å². The van der Waals surface area contributed by atoms with Crippen molar-refractivity contribution in [2.45, 2.75) is 30.8 Å². The van der Waals surface area contributed by atoms with E-state index in [1.165, 1.54) is 0 Å². The third-order valence-electron chi connectivity index (χ3n) is 2.33. The van der Waals surface area contributed by atoms with Gasteiger partial charge in [0.15, 0.2) is 0 Å². The second-order valence-corrected chi connectivity index (χ2v) is 5.34. The maximum absolute atomic E-state index is 12.2. The predicted molar refractivity (Wildman–Crippen MR) is 47.0 cm³/mol. The summed E-state index contributed by atoms with van der Waals surface area (Å²) in [5.41, 5.74) is -5.37. The Balaban J connectivity index is 2.91. The molecule has 16 heavy (non-hydrogen) atoms. The molecule has 5 nitrogen and oxygen atoms in total. The molecule has 0 spiro atoms. The maximum Gasteiger partial charge on any atom is 0.511 e. The molecular formula is C7H10F3NO4S. The fourth-order valence-corrected chi connectivity index (χ4v) is 2.87. The van der Waals surface area contributed by atoms with Gasteiger partial charge in [0.05, 0.1) is 6.42 Å². The first-order valence-electron chi connectivity index (χ1n) is 4.46. The summed E-state index contributed by atoms with van der Waals surface area (Å²) in [6, 6.07) is -1.09. The molecule has 94 valence electrons. The van der Waals surface area contributed by atoms with E-state index in [1.54, 1.807) is 0 Å². The van der Waals surface area contributed by atoms with Crippen molar-refractivity contribution in [3.05, 3.63) is 0 Å². The van der Waals surface area contributed by atoms with Crippen molar-refractivity contribution in [3.63, 3.8) is 0 Å². The summed E-state index contributed by atoms with van der Waals surface area (Å²) in [6.07, 6.45) is -0.218. The van der Waals surface area contributed by atoms with E-state index < -0.39 is 34.0 Å². The number of nitrogens with zero attached hydrogens (tertiary/aromatic N) is 1. The number of hydrogen-bond donors (Lipinski definition) is 1. The number of halogens is 3.